The highest BCUT2D eigenvalue weighted by Gasteiger charge is 2.08. The number of anilines is 2. The molecule has 0 aromatic heterocycles. The average Bonchev–Trinajstić information content (AvgIpc) is 2.84. The average molecular weight is 469 g/mol. The Hall–Kier alpha value is -4.39. The highest BCUT2D eigenvalue weighted by Crippen LogP contribution is 2.18. The van der Waals surface area contributed by atoms with Gasteiger partial charge in [-0.1, -0.05) is 61.2 Å². The number of rotatable bonds is 9. The number of nitrogen functional groups attached to an aromatic ring is 1. The van der Waals surface area contributed by atoms with Gasteiger partial charge >= 0.3 is 0 Å². The lowest BCUT2D eigenvalue weighted by Crippen LogP contribution is -2.31. The molecule has 0 saturated carbocycles. The Morgan fingerprint density at radius 2 is 1.60 bits per heavy atom. The summed E-state index contributed by atoms with van der Waals surface area (Å²) in [5.74, 6) is 0.893. The monoisotopic (exact) mass is 468 g/mol. The van der Waals surface area contributed by atoms with Gasteiger partial charge in [-0.05, 0) is 55.7 Å². The van der Waals surface area contributed by atoms with Gasteiger partial charge in [-0.2, -0.15) is 0 Å². The first-order valence-electron chi connectivity index (χ1n) is 11.5. The summed E-state index contributed by atoms with van der Waals surface area (Å²) in [6.07, 6.45) is 0.890. The first-order chi connectivity index (χ1) is 16.9. The van der Waals surface area contributed by atoms with Crippen LogP contribution in [0.3, 0.4) is 0 Å². The second kappa shape index (κ2) is 12.7. The highest BCUT2D eigenvalue weighted by atomic mass is 16.1. The lowest BCUT2D eigenvalue weighted by atomic mass is 10.1. The Bertz CT molecular complexity index is 1200. The zero-order valence-electron chi connectivity index (χ0n) is 20.2. The van der Waals surface area contributed by atoms with Crippen molar-refractivity contribution in [2.75, 3.05) is 17.6 Å². The number of nitrogens with one attached hydrogen (secondary N) is 3. The number of benzene rings is 3. The predicted molar refractivity (Wildman–Crippen MR) is 146 cm³/mol. The third-order valence-corrected chi connectivity index (χ3v) is 5.02. The number of hydrogen-bond donors (Lipinski definition) is 4. The minimum Gasteiger partial charge on any atom is -0.397 e. The van der Waals surface area contributed by atoms with Crippen molar-refractivity contribution in [2.45, 2.75) is 26.8 Å². The van der Waals surface area contributed by atoms with E-state index in [1.807, 2.05) is 56.3 Å². The summed E-state index contributed by atoms with van der Waals surface area (Å²) in [5, 5.41) is 9.25. The molecule has 0 heterocycles. The van der Waals surface area contributed by atoms with E-state index in [0.717, 1.165) is 24.2 Å². The predicted octanol–water partition coefficient (Wildman–Crippen LogP) is 4.75. The van der Waals surface area contributed by atoms with Crippen LogP contribution in [0, 0.1) is 0 Å². The van der Waals surface area contributed by atoms with E-state index in [1.165, 1.54) is 5.56 Å². The summed E-state index contributed by atoms with van der Waals surface area (Å²) < 4.78 is 0. The summed E-state index contributed by atoms with van der Waals surface area (Å²) in [6, 6.07) is 24.7. The van der Waals surface area contributed by atoms with Gasteiger partial charge in [-0.25, -0.2) is 9.98 Å². The molecule has 3 rings (SSSR count). The maximum Gasteiger partial charge on any atom is 0.255 e. The highest BCUT2D eigenvalue weighted by molar-refractivity contribution is 6.05. The Labute approximate surface area is 206 Å². The van der Waals surface area contributed by atoms with Crippen molar-refractivity contribution < 1.29 is 4.79 Å². The molecule has 0 fully saturated rings. The number of hydrogen-bond acceptors (Lipinski definition) is 4. The molecule has 5 N–H and O–H groups in total. The zero-order chi connectivity index (χ0) is 25.0. The Morgan fingerprint density at radius 1 is 0.914 bits per heavy atom. The van der Waals surface area contributed by atoms with E-state index in [9.17, 15) is 4.79 Å². The van der Waals surface area contributed by atoms with Crippen molar-refractivity contribution in [1.29, 1.82) is 0 Å². The summed E-state index contributed by atoms with van der Waals surface area (Å²) in [7, 11) is 0. The number of guanidine groups is 1. The van der Waals surface area contributed by atoms with Crippen LogP contribution in [-0.2, 0) is 13.0 Å². The van der Waals surface area contributed by atoms with Gasteiger partial charge in [-0.15, -0.1) is 0 Å². The molecule has 0 radical (unpaired) electrons. The maximum atomic E-state index is 12.5. The minimum absolute atomic E-state index is 0.218. The maximum absolute atomic E-state index is 12.5. The van der Waals surface area contributed by atoms with Gasteiger partial charge in [-0.3, -0.25) is 4.79 Å². The zero-order valence-corrected chi connectivity index (χ0v) is 20.2. The van der Waals surface area contributed by atoms with Crippen LogP contribution in [0.5, 0.6) is 0 Å². The molecule has 0 aliphatic carbocycles. The number of carbonyl (C=O) groups excluding carboxylic acids is 1. The molecule has 3 aromatic carbocycles. The van der Waals surface area contributed by atoms with Crippen LogP contribution in [0.15, 0.2) is 101 Å². The molecule has 0 bridgehead atoms. The van der Waals surface area contributed by atoms with Gasteiger partial charge < -0.3 is 21.7 Å². The number of nitrogens with zero attached hydrogens (tertiary/aromatic N) is 2. The third kappa shape index (κ3) is 8.47. The van der Waals surface area contributed by atoms with Crippen molar-refractivity contribution in [3.8, 4) is 0 Å². The summed E-state index contributed by atoms with van der Waals surface area (Å²) in [5.41, 5.74) is 10.6. The van der Waals surface area contributed by atoms with Crippen molar-refractivity contribution >= 4 is 29.0 Å². The SMILES string of the molecule is C=C(NCCc1ccccc1)NC(N=C(C)C)=NCc1ccc(C(=O)Nc2ccccc2N)cc1. The Morgan fingerprint density at radius 3 is 2.29 bits per heavy atom. The smallest absolute Gasteiger partial charge is 0.255 e. The summed E-state index contributed by atoms with van der Waals surface area (Å²) in [6.45, 7) is 9.01. The number of nitrogens with two attached hydrogens (primary N) is 1. The second-order valence-electron chi connectivity index (χ2n) is 8.20. The van der Waals surface area contributed by atoms with Crippen LogP contribution in [0.4, 0.5) is 11.4 Å². The third-order valence-electron chi connectivity index (χ3n) is 5.02. The number of carbonyl (C=O) groups is 1. The standard InChI is InChI=1S/C28H32N6O/c1-20(2)32-28(33-21(3)30-18-17-22-9-5-4-6-10-22)31-19-23-13-15-24(16-14-23)27(35)34-26-12-8-7-11-25(26)29/h4-16,30H,3,17-19,29H2,1-2H3,(H,31,33)(H,34,35). The van der Waals surface area contributed by atoms with Crippen LogP contribution in [-0.4, -0.2) is 24.1 Å². The van der Waals surface area contributed by atoms with E-state index in [2.05, 4.69) is 44.6 Å². The molecule has 1 amide bonds. The molecule has 3 aromatic rings. The lowest BCUT2D eigenvalue weighted by molar-refractivity contribution is 0.102. The van der Waals surface area contributed by atoms with Crippen LogP contribution in [0.25, 0.3) is 0 Å². The lowest BCUT2D eigenvalue weighted by Gasteiger charge is -2.12. The van der Waals surface area contributed by atoms with Gasteiger partial charge in [0.2, 0.25) is 5.96 Å². The molecule has 0 aliphatic heterocycles. The molecule has 0 atom stereocenters. The summed E-state index contributed by atoms with van der Waals surface area (Å²) in [4.78, 5) is 21.6. The topological polar surface area (TPSA) is 104 Å². The molecule has 180 valence electrons. The van der Waals surface area contributed by atoms with Crippen molar-refractivity contribution in [1.82, 2.24) is 10.6 Å². The molecular weight excluding hydrogens is 436 g/mol. The number of para-hydroxylation sites is 2. The van der Waals surface area contributed by atoms with E-state index >= 15 is 0 Å². The van der Waals surface area contributed by atoms with Gasteiger partial charge in [0.25, 0.3) is 5.91 Å². The Balaban J connectivity index is 1.56. The van der Waals surface area contributed by atoms with Crippen molar-refractivity contribution in [3.05, 3.63) is 108 Å². The van der Waals surface area contributed by atoms with E-state index in [0.29, 0.717) is 35.3 Å². The largest absolute Gasteiger partial charge is 0.397 e. The fourth-order valence-corrected chi connectivity index (χ4v) is 3.23. The first kappa shape index (κ1) is 25.2. The minimum atomic E-state index is -0.218. The normalized spacial score (nSPS) is 10.9. The van der Waals surface area contributed by atoms with E-state index in [4.69, 9.17) is 5.73 Å². The Kier molecular flexibility index (Phi) is 9.19. The van der Waals surface area contributed by atoms with E-state index in [-0.39, 0.29) is 5.91 Å². The molecular formula is C28H32N6O. The summed E-state index contributed by atoms with van der Waals surface area (Å²) >= 11 is 0. The van der Waals surface area contributed by atoms with E-state index in [1.54, 1.807) is 24.3 Å². The second-order valence-corrected chi connectivity index (χ2v) is 8.20. The number of amides is 1. The molecule has 0 spiro atoms. The molecule has 0 saturated heterocycles. The van der Waals surface area contributed by atoms with Crippen LogP contribution >= 0.6 is 0 Å². The molecule has 7 heteroatoms. The first-order valence-corrected chi connectivity index (χ1v) is 11.5. The van der Waals surface area contributed by atoms with Crippen molar-refractivity contribution in [3.63, 3.8) is 0 Å². The molecule has 0 unspecified atom stereocenters. The van der Waals surface area contributed by atoms with Crippen molar-refractivity contribution in [2.24, 2.45) is 9.98 Å². The molecule has 0 aliphatic rings. The number of aliphatic imine (C=N–C) groups is 2. The molecule has 7 nitrogen and oxygen atoms in total. The molecule has 35 heavy (non-hydrogen) atoms. The quantitative estimate of drug-likeness (QED) is 0.207. The van der Waals surface area contributed by atoms with Gasteiger partial charge in [0, 0.05) is 17.8 Å². The van der Waals surface area contributed by atoms with Gasteiger partial charge in [0.1, 0.15) is 0 Å². The van der Waals surface area contributed by atoms with Gasteiger partial charge in [0.05, 0.1) is 23.7 Å². The van der Waals surface area contributed by atoms with Crippen LogP contribution in [0.2, 0.25) is 0 Å². The fraction of sp³-hybridized carbons (Fsp3) is 0.179. The van der Waals surface area contributed by atoms with Crippen LogP contribution in [0.1, 0.15) is 35.3 Å². The van der Waals surface area contributed by atoms with E-state index < -0.39 is 0 Å². The van der Waals surface area contributed by atoms with Crippen LogP contribution < -0.4 is 21.7 Å². The van der Waals surface area contributed by atoms with Gasteiger partial charge in [0.15, 0.2) is 0 Å². The fourth-order valence-electron chi connectivity index (χ4n) is 3.23.